The molecule has 24 heavy (non-hydrogen) atoms. The highest BCUT2D eigenvalue weighted by atomic mass is 35.5. The van der Waals surface area contributed by atoms with Gasteiger partial charge in [-0.1, -0.05) is 11.6 Å². The lowest BCUT2D eigenvalue weighted by Gasteiger charge is -2.14. The second kappa shape index (κ2) is 8.75. The third kappa shape index (κ3) is 5.01. The second-order valence-corrected chi connectivity index (χ2v) is 5.76. The monoisotopic (exact) mass is 356 g/mol. The van der Waals surface area contributed by atoms with Crippen molar-refractivity contribution in [2.45, 2.75) is 25.4 Å². The molecule has 8 heteroatoms. The van der Waals surface area contributed by atoms with Crippen LogP contribution in [0.25, 0.3) is 0 Å². The fraction of sp³-hybridized carbons (Fsp3) is 0.500. The smallest absolute Gasteiger partial charge is 0.233 e. The number of carbonyl (C=O) groups is 2. The molecule has 1 unspecified atom stereocenters. The van der Waals surface area contributed by atoms with Gasteiger partial charge in [-0.05, 0) is 12.8 Å². The van der Waals surface area contributed by atoms with Gasteiger partial charge in [-0.2, -0.15) is 0 Å². The number of benzene rings is 1. The number of ether oxygens (including phenoxy) is 3. The van der Waals surface area contributed by atoms with Crippen LogP contribution in [-0.2, 0) is 14.3 Å². The van der Waals surface area contributed by atoms with Crippen LogP contribution in [-0.4, -0.2) is 45.3 Å². The van der Waals surface area contributed by atoms with Gasteiger partial charge in [-0.3, -0.25) is 9.59 Å². The first-order valence-corrected chi connectivity index (χ1v) is 8.01. The largest absolute Gasteiger partial charge is 0.495 e. The molecular weight excluding hydrogens is 336 g/mol. The number of nitrogens with one attached hydrogen (secondary N) is 2. The lowest BCUT2D eigenvalue weighted by Crippen LogP contribution is -2.34. The van der Waals surface area contributed by atoms with Gasteiger partial charge >= 0.3 is 0 Å². The number of hydrogen-bond donors (Lipinski definition) is 2. The fourth-order valence-corrected chi connectivity index (χ4v) is 2.62. The summed E-state index contributed by atoms with van der Waals surface area (Å²) in [5.41, 5.74) is 0.385. The zero-order valence-corrected chi connectivity index (χ0v) is 14.4. The lowest BCUT2D eigenvalue weighted by molar-refractivity contribution is -0.127. The van der Waals surface area contributed by atoms with Crippen molar-refractivity contribution < 1.29 is 23.8 Å². The first-order chi connectivity index (χ1) is 11.5. The van der Waals surface area contributed by atoms with E-state index in [-0.39, 0.29) is 18.4 Å². The Morgan fingerprint density at radius 1 is 1.25 bits per heavy atom. The zero-order valence-electron chi connectivity index (χ0n) is 13.7. The Morgan fingerprint density at radius 2 is 2.00 bits per heavy atom. The van der Waals surface area contributed by atoms with Gasteiger partial charge in [0.05, 0.1) is 31.0 Å². The van der Waals surface area contributed by atoms with E-state index >= 15 is 0 Å². The van der Waals surface area contributed by atoms with Crippen LogP contribution in [0, 0.1) is 0 Å². The van der Waals surface area contributed by atoms with Gasteiger partial charge in [0.2, 0.25) is 11.8 Å². The number of halogens is 1. The summed E-state index contributed by atoms with van der Waals surface area (Å²) in [6.45, 7) is 1.14. The summed E-state index contributed by atoms with van der Waals surface area (Å²) in [7, 11) is 2.93. The number of rotatable bonds is 7. The highest BCUT2D eigenvalue weighted by molar-refractivity contribution is 6.32. The maximum Gasteiger partial charge on any atom is 0.233 e. The van der Waals surface area contributed by atoms with Crippen LogP contribution in [0.5, 0.6) is 11.5 Å². The Hall–Kier alpha value is -1.99. The van der Waals surface area contributed by atoms with Crippen molar-refractivity contribution in [3.8, 4) is 11.5 Å². The van der Waals surface area contributed by atoms with Gasteiger partial charge in [0.15, 0.2) is 0 Å². The molecule has 132 valence electrons. The predicted molar refractivity (Wildman–Crippen MR) is 89.8 cm³/mol. The lowest BCUT2D eigenvalue weighted by atomic mass is 10.2. The molecule has 1 aliphatic heterocycles. The van der Waals surface area contributed by atoms with Gasteiger partial charge in [0.1, 0.15) is 17.9 Å². The molecule has 1 atom stereocenters. The number of carbonyl (C=O) groups excluding carboxylic acids is 2. The van der Waals surface area contributed by atoms with Gasteiger partial charge in [0, 0.05) is 25.3 Å². The molecule has 1 aromatic carbocycles. The van der Waals surface area contributed by atoms with Crippen molar-refractivity contribution in [2.24, 2.45) is 0 Å². The molecule has 1 fully saturated rings. The quantitative estimate of drug-likeness (QED) is 0.730. The van der Waals surface area contributed by atoms with Crippen LogP contribution >= 0.6 is 11.6 Å². The number of anilines is 1. The normalized spacial score (nSPS) is 16.5. The number of hydrogen-bond acceptors (Lipinski definition) is 5. The average molecular weight is 357 g/mol. The van der Waals surface area contributed by atoms with Crippen molar-refractivity contribution >= 4 is 29.1 Å². The average Bonchev–Trinajstić information content (AvgIpc) is 3.07. The molecule has 0 radical (unpaired) electrons. The van der Waals surface area contributed by atoms with Gasteiger partial charge in [0.25, 0.3) is 0 Å². The Balaban J connectivity index is 1.90. The molecule has 0 spiro atoms. The molecule has 2 N–H and O–H groups in total. The van der Waals surface area contributed by atoms with E-state index in [1.54, 1.807) is 6.07 Å². The second-order valence-electron chi connectivity index (χ2n) is 5.35. The molecule has 1 aliphatic rings. The molecule has 0 aromatic heterocycles. The van der Waals surface area contributed by atoms with Crippen molar-refractivity contribution in [3.05, 3.63) is 17.2 Å². The maximum absolute atomic E-state index is 12.0. The minimum Gasteiger partial charge on any atom is -0.495 e. The highest BCUT2D eigenvalue weighted by Gasteiger charge is 2.18. The van der Waals surface area contributed by atoms with Crippen LogP contribution in [0.3, 0.4) is 0 Å². The minimum absolute atomic E-state index is 0.0395. The van der Waals surface area contributed by atoms with Crippen LogP contribution in [0.1, 0.15) is 19.3 Å². The molecule has 0 saturated carbocycles. The highest BCUT2D eigenvalue weighted by Crippen LogP contribution is 2.35. The summed E-state index contributed by atoms with van der Waals surface area (Å²) in [6, 6.07) is 3.08. The molecule has 1 aromatic rings. The summed E-state index contributed by atoms with van der Waals surface area (Å²) in [5.74, 6) is -0.0325. The van der Waals surface area contributed by atoms with E-state index < -0.39 is 5.91 Å². The first kappa shape index (κ1) is 18.4. The third-order valence-electron chi connectivity index (χ3n) is 3.62. The Morgan fingerprint density at radius 3 is 2.62 bits per heavy atom. The van der Waals surface area contributed by atoms with Gasteiger partial charge < -0.3 is 24.8 Å². The molecule has 0 aliphatic carbocycles. The summed E-state index contributed by atoms with van der Waals surface area (Å²) >= 11 is 6.01. The van der Waals surface area contributed by atoms with Crippen LogP contribution < -0.4 is 20.1 Å². The van der Waals surface area contributed by atoms with E-state index in [0.29, 0.717) is 28.8 Å². The van der Waals surface area contributed by atoms with Crippen molar-refractivity contribution in [1.29, 1.82) is 0 Å². The molecule has 2 amide bonds. The third-order valence-corrected chi connectivity index (χ3v) is 3.92. The SMILES string of the molecule is COc1cc(NC(=O)CC(=O)NCC2CCCO2)c(OC)cc1Cl. The Labute approximate surface area is 145 Å². The first-order valence-electron chi connectivity index (χ1n) is 7.63. The molecule has 1 heterocycles. The summed E-state index contributed by atoms with van der Waals surface area (Å²) in [4.78, 5) is 23.9. The van der Waals surface area contributed by atoms with Crippen molar-refractivity contribution in [2.75, 3.05) is 32.7 Å². The van der Waals surface area contributed by atoms with E-state index in [2.05, 4.69) is 10.6 Å². The summed E-state index contributed by atoms with van der Waals surface area (Å²) < 4.78 is 15.7. The van der Waals surface area contributed by atoms with E-state index in [1.165, 1.54) is 20.3 Å². The molecule has 7 nitrogen and oxygen atoms in total. The van der Waals surface area contributed by atoms with Crippen molar-refractivity contribution in [3.63, 3.8) is 0 Å². The molecule has 0 bridgehead atoms. The van der Waals surface area contributed by atoms with Crippen molar-refractivity contribution in [1.82, 2.24) is 5.32 Å². The van der Waals surface area contributed by atoms with Crippen LogP contribution in [0.15, 0.2) is 12.1 Å². The summed E-state index contributed by atoms with van der Waals surface area (Å²) in [6.07, 6.45) is 1.67. The van der Waals surface area contributed by atoms with E-state index in [9.17, 15) is 9.59 Å². The molecule has 2 rings (SSSR count). The standard InChI is InChI=1S/C16H21ClN2O5/c1-22-13-7-12(14(23-2)6-11(13)17)19-16(21)8-15(20)18-9-10-4-3-5-24-10/h6-7,10H,3-5,8-9H2,1-2H3,(H,18,20)(H,19,21). The van der Waals surface area contributed by atoms with E-state index in [1.807, 2.05) is 0 Å². The summed E-state index contributed by atoms with van der Waals surface area (Å²) in [5, 5.41) is 5.69. The molecular formula is C16H21ClN2O5. The Bertz CT molecular complexity index is 602. The minimum atomic E-state index is -0.456. The van der Waals surface area contributed by atoms with Crippen LogP contribution in [0.4, 0.5) is 5.69 Å². The molecule has 1 saturated heterocycles. The topological polar surface area (TPSA) is 85.9 Å². The zero-order chi connectivity index (χ0) is 17.5. The van der Waals surface area contributed by atoms with Gasteiger partial charge in [-0.25, -0.2) is 0 Å². The number of methoxy groups -OCH3 is 2. The Kier molecular flexibility index (Phi) is 6.69. The van der Waals surface area contributed by atoms with E-state index in [4.69, 9.17) is 25.8 Å². The fourth-order valence-electron chi connectivity index (χ4n) is 2.39. The number of amides is 2. The predicted octanol–water partition coefficient (Wildman–Crippen LogP) is 1.98. The van der Waals surface area contributed by atoms with E-state index in [0.717, 1.165) is 19.4 Å². The van der Waals surface area contributed by atoms with Gasteiger partial charge in [-0.15, -0.1) is 0 Å². The van der Waals surface area contributed by atoms with Crippen LogP contribution in [0.2, 0.25) is 5.02 Å². The maximum atomic E-state index is 12.0.